The number of ether oxygens (including phenoxy) is 1. The quantitative estimate of drug-likeness (QED) is 0.121. The second kappa shape index (κ2) is 13.3. The molecule has 0 aliphatic carbocycles. The molecule has 5 nitrogen and oxygen atoms in total. The van der Waals surface area contributed by atoms with E-state index in [0.717, 1.165) is 0 Å². The molecule has 4 aromatic rings. The van der Waals surface area contributed by atoms with Crippen LogP contribution < -0.4 is 26.0 Å². The zero-order valence-corrected chi connectivity index (χ0v) is 27.8. The first-order chi connectivity index (χ1) is 23.8. The van der Waals surface area contributed by atoms with Crippen molar-refractivity contribution in [2.45, 2.75) is 44.0 Å². The molecule has 0 saturated heterocycles. The summed E-state index contributed by atoms with van der Waals surface area (Å²) in [4.78, 5) is 0. The van der Waals surface area contributed by atoms with Crippen LogP contribution in [0.4, 0.5) is 75.4 Å². The van der Waals surface area contributed by atoms with Gasteiger partial charge < -0.3 is 26.0 Å². The van der Waals surface area contributed by atoms with Crippen LogP contribution in [0.3, 0.4) is 0 Å². The van der Waals surface area contributed by atoms with Crippen molar-refractivity contribution in [3.8, 4) is 11.5 Å². The molecule has 4 aromatic carbocycles. The number of alkyl halides is 12. The summed E-state index contributed by atoms with van der Waals surface area (Å²) >= 11 is 10.4. The maximum Gasteiger partial charge on any atom is 0.416 e. The van der Waals surface area contributed by atoms with Crippen LogP contribution in [-0.2, 0) is 30.1 Å². The Balaban J connectivity index is 1.43. The average Bonchev–Trinajstić information content (AvgIpc) is 3.00. The standard InChI is InChI=1S/C33H22F12N4OS2/c1-29(2)21-5-3-7-23(48-27(51)46-19-11-15(30(34,35)36)9-16(12-19)31(37,38)39)25(21)50-26-22(29)6-4-8-24(26)49-28(52)47-20-13-17(32(40,41)42)10-18(14-20)33(43,44)45/h3-14H,1-2H3,(H2,46,48,51)(H2,47,49,52). The molecule has 0 radical (unpaired) electrons. The number of hydrogen-bond acceptors (Lipinski definition) is 3. The molecular weight excluding hydrogens is 761 g/mol. The number of benzene rings is 4. The summed E-state index contributed by atoms with van der Waals surface area (Å²) in [6, 6.07) is 11.3. The van der Waals surface area contributed by atoms with E-state index >= 15 is 0 Å². The van der Waals surface area contributed by atoms with Crippen molar-refractivity contribution >= 4 is 57.4 Å². The van der Waals surface area contributed by atoms with Crippen molar-refractivity contribution < 1.29 is 57.4 Å². The Morgan fingerprint density at radius 3 is 1.10 bits per heavy atom. The number of rotatable bonds is 4. The van der Waals surface area contributed by atoms with Crippen LogP contribution >= 0.6 is 24.4 Å². The molecule has 0 bridgehead atoms. The van der Waals surface area contributed by atoms with Crippen molar-refractivity contribution in [1.29, 1.82) is 0 Å². The molecule has 0 unspecified atom stereocenters. The fourth-order valence-electron chi connectivity index (χ4n) is 5.35. The van der Waals surface area contributed by atoms with Gasteiger partial charge in [-0.25, -0.2) is 0 Å². The number of halogens is 12. The van der Waals surface area contributed by atoms with E-state index in [1.165, 1.54) is 12.1 Å². The first-order valence-corrected chi connectivity index (χ1v) is 15.4. The monoisotopic (exact) mass is 782 g/mol. The average molecular weight is 783 g/mol. The van der Waals surface area contributed by atoms with E-state index < -0.39 is 74.0 Å². The highest BCUT2D eigenvalue weighted by atomic mass is 32.1. The fourth-order valence-corrected chi connectivity index (χ4v) is 5.80. The normalized spacial score (nSPS) is 14.0. The van der Waals surface area contributed by atoms with Crippen LogP contribution in [0.25, 0.3) is 0 Å². The second-order valence-electron chi connectivity index (χ2n) is 11.8. The van der Waals surface area contributed by atoms with Crippen LogP contribution in [-0.4, -0.2) is 10.2 Å². The van der Waals surface area contributed by atoms with E-state index in [2.05, 4.69) is 21.3 Å². The lowest BCUT2D eigenvalue weighted by Crippen LogP contribution is -2.27. The Hall–Kier alpha value is -4.78. The number of para-hydroxylation sites is 2. The highest BCUT2D eigenvalue weighted by Crippen LogP contribution is 2.53. The van der Waals surface area contributed by atoms with Gasteiger partial charge in [-0.1, -0.05) is 38.1 Å². The lowest BCUT2D eigenvalue weighted by atomic mass is 9.75. The minimum absolute atomic E-state index is 0.0329. The van der Waals surface area contributed by atoms with Gasteiger partial charge in [0.2, 0.25) is 0 Å². The number of fused-ring (bicyclic) bond motifs is 2. The Morgan fingerprint density at radius 1 is 0.500 bits per heavy atom. The van der Waals surface area contributed by atoms with Crippen LogP contribution in [0.2, 0.25) is 0 Å². The summed E-state index contributed by atoms with van der Waals surface area (Å²) < 4.78 is 167. The number of hydrogen-bond donors (Lipinski definition) is 4. The van der Waals surface area contributed by atoms with E-state index in [4.69, 9.17) is 29.2 Å². The molecule has 1 heterocycles. The summed E-state index contributed by atoms with van der Waals surface area (Å²) in [6.07, 6.45) is -20.4. The topological polar surface area (TPSA) is 57.4 Å². The molecular formula is C33H22F12N4OS2. The van der Waals surface area contributed by atoms with E-state index in [-0.39, 0.29) is 35.0 Å². The van der Waals surface area contributed by atoms with Crippen molar-refractivity contribution in [3.63, 3.8) is 0 Å². The highest BCUT2D eigenvalue weighted by molar-refractivity contribution is 7.81. The maximum absolute atomic E-state index is 13.4. The summed E-state index contributed by atoms with van der Waals surface area (Å²) in [6.45, 7) is 3.60. The van der Waals surface area contributed by atoms with E-state index in [9.17, 15) is 52.7 Å². The molecule has 5 rings (SSSR count). The lowest BCUT2D eigenvalue weighted by molar-refractivity contribution is -0.144. The van der Waals surface area contributed by atoms with Crippen LogP contribution in [0.15, 0.2) is 72.8 Å². The van der Waals surface area contributed by atoms with E-state index in [1.807, 2.05) is 0 Å². The summed E-state index contributed by atoms with van der Waals surface area (Å²) in [5.41, 5.74) is -6.92. The number of nitrogens with one attached hydrogen (secondary N) is 4. The molecule has 0 spiro atoms. The molecule has 0 saturated carbocycles. The van der Waals surface area contributed by atoms with Gasteiger partial charge >= 0.3 is 24.7 Å². The second-order valence-corrected chi connectivity index (χ2v) is 12.7. The summed E-state index contributed by atoms with van der Waals surface area (Å²) in [7, 11) is 0. The van der Waals surface area contributed by atoms with Crippen LogP contribution in [0, 0.1) is 0 Å². The van der Waals surface area contributed by atoms with Gasteiger partial charge in [-0.15, -0.1) is 0 Å². The first-order valence-electron chi connectivity index (χ1n) is 14.5. The van der Waals surface area contributed by atoms with Gasteiger partial charge in [0.15, 0.2) is 21.7 Å². The number of anilines is 4. The molecule has 0 aromatic heterocycles. The summed E-state index contributed by atoms with van der Waals surface area (Å²) in [5, 5.41) is 9.32. The van der Waals surface area contributed by atoms with Gasteiger partial charge in [-0.05, 0) is 73.0 Å². The Bertz CT molecular complexity index is 1850. The third-order valence-electron chi connectivity index (χ3n) is 7.77. The molecule has 1 aliphatic heterocycles. The van der Waals surface area contributed by atoms with E-state index in [1.54, 1.807) is 38.1 Å². The maximum atomic E-state index is 13.4. The van der Waals surface area contributed by atoms with Crippen molar-refractivity contribution in [3.05, 3.63) is 106 Å². The van der Waals surface area contributed by atoms with E-state index in [0.29, 0.717) is 35.4 Å². The third-order valence-corrected chi connectivity index (χ3v) is 8.18. The van der Waals surface area contributed by atoms with Gasteiger partial charge in [-0.2, -0.15) is 52.7 Å². The molecule has 0 amide bonds. The Labute approximate surface area is 297 Å². The van der Waals surface area contributed by atoms with Crippen molar-refractivity contribution in [2.24, 2.45) is 0 Å². The van der Waals surface area contributed by atoms with Crippen molar-refractivity contribution in [1.82, 2.24) is 0 Å². The lowest BCUT2D eigenvalue weighted by Gasteiger charge is -2.36. The molecule has 52 heavy (non-hydrogen) atoms. The zero-order valence-electron chi connectivity index (χ0n) is 26.2. The minimum atomic E-state index is -5.10. The Kier molecular flexibility index (Phi) is 9.85. The molecule has 0 atom stereocenters. The zero-order chi connectivity index (χ0) is 38.6. The van der Waals surface area contributed by atoms with Crippen molar-refractivity contribution in [2.75, 3.05) is 21.3 Å². The van der Waals surface area contributed by atoms with Gasteiger partial charge in [0.25, 0.3) is 0 Å². The minimum Gasteiger partial charge on any atom is -0.452 e. The molecule has 276 valence electrons. The molecule has 4 N–H and O–H groups in total. The van der Waals surface area contributed by atoms with Gasteiger partial charge in [0, 0.05) is 27.9 Å². The van der Waals surface area contributed by atoms with Crippen LogP contribution in [0.5, 0.6) is 11.5 Å². The SMILES string of the molecule is CC1(C)c2cccc(NC(=S)Nc3cc(C(F)(F)F)cc(C(F)(F)F)c3)c2Oc2c(NC(=S)Nc3cc(C(F)(F)F)cc(C(F)(F)F)c3)cccc21. The first kappa shape index (κ1) is 38.5. The Morgan fingerprint density at radius 2 is 0.808 bits per heavy atom. The summed E-state index contributed by atoms with van der Waals surface area (Å²) in [5.74, 6) is 0.259. The van der Waals surface area contributed by atoms with Crippen LogP contribution in [0.1, 0.15) is 47.2 Å². The highest BCUT2D eigenvalue weighted by Gasteiger charge is 2.40. The number of thiocarbonyl (C=S) groups is 2. The largest absolute Gasteiger partial charge is 0.452 e. The van der Waals surface area contributed by atoms with Gasteiger partial charge in [-0.3, -0.25) is 0 Å². The smallest absolute Gasteiger partial charge is 0.416 e. The van der Waals surface area contributed by atoms with Gasteiger partial charge in [0.1, 0.15) is 0 Å². The predicted molar refractivity (Wildman–Crippen MR) is 178 cm³/mol. The fraction of sp³-hybridized carbons (Fsp3) is 0.212. The third kappa shape index (κ3) is 8.30. The molecule has 1 aliphatic rings. The van der Waals surface area contributed by atoms with Gasteiger partial charge in [0.05, 0.1) is 33.6 Å². The predicted octanol–water partition coefficient (Wildman–Crippen LogP) is 11.8. The molecule has 0 fully saturated rings. The molecule has 19 heteroatoms.